The highest BCUT2D eigenvalue weighted by atomic mass is 16.5. The van der Waals surface area contributed by atoms with Crippen molar-refractivity contribution in [2.45, 2.75) is 38.6 Å². The Morgan fingerprint density at radius 1 is 1.12 bits per heavy atom. The van der Waals surface area contributed by atoms with Crippen LogP contribution < -0.4 is 5.32 Å². The van der Waals surface area contributed by atoms with Gasteiger partial charge in [0.05, 0.1) is 13.2 Å². The molecule has 3 nitrogen and oxygen atoms in total. The largest absolute Gasteiger partial charge is 0.379 e. The van der Waals surface area contributed by atoms with E-state index in [0.717, 1.165) is 44.8 Å². The topological polar surface area (TPSA) is 24.5 Å². The average Bonchev–Trinajstić information content (AvgIpc) is 2.33. The Balaban J connectivity index is 1.53. The molecule has 0 radical (unpaired) electrons. The molecule has 16 heavy (non-hydrogen) atoms. The van der Waals surface area contributed by atoms with Gasteiger partial charge >= 0.3 is 0 Å². The van der Waals surface area contributed by atoms with Crippen molar-refractivity contribution in [1.29, 1.82) is 0 Å². The predicted molar refractivity (Wildman–Crippen MR) is 66.7 cm³/mol. The van der Waals surface area contributed by atoms with E-state index in [1.165, 1.54) is 32.2 Å². The Morgan fingerprint density at radius 2 is 1.81 bits per heavy atom. The number of nitrogens with zero attached hydrogens (tertiary/aromatic N) is 1. The van der Waals surface area contributed by atoms with E-state index in [4.69, 9.17) is 4.74 Å². The highest BCUT2D eigenvalue weighted by Gasteiger charge is 2.17. The summed E-state index contributed by atoms with van der Waals surface area (Å²) in [6.07, 6.45) is 5.58. The molecule has 0 aromatic heterocycles. The van der Waals surface area contributed by atoms with Gasteiger partial charge in [-0.25, -0.2) is 0 Å². The van der Waals surface area contributed by atoms with E-state index >= 15 is 0 Å². The van der Waals surface area contributed by atoms with Crippen molar-refractivity contribution in [1.82, 2.24) is 10.2 Å². The van der Waals surface area contributed by atoms with E-state index in [9.17, 15) is 0 Å². The van der Waals surface area contributed by atoms with Gasteiger partial charge in [0, 0.05) is 32.2 Å². The van der Waals surface area contributed by atoms with Crippen LogP contribution in [-0.2, 0) is 4.74 Å². The van der Waals surface area contributed by atoms with Crippen molar-refractivity contribution in [3.63, 3.8) is 0 Å². The first-order valence-electron chi connectivity index (χ1n) is 6.88. The monoisotopic (exact) mass is 226 g/mol. The minimum atomic E-state index is 0.789. The second-order valence-electron chi connectivity index (χ2n) is 5.36. The molecule has 1 aliphatic heterocycles. The maximum atomic E-state index is 5.35. The summed E-state index contributed by atoms with van der Waals surface area (Å²) in [5.41, 5.74) is 0. The quantitative estimate of drug-likeness (QED) is 0.786. The third-order valence-corrected chi connectivity index (χ3v) is 3.98. The fourth-order valence-corrected chi connectivity index (χ4v) is 2.72. The van der Waals surface area contributed by atoms with Crippen LogP contribution in [0.5, 0.6) is 0 Å². The lowest BCUT2D eigenvalue weighted by Crippen LogP contribution is -2.43. The molecule has 94 valence electrons. The van der Waals surface area contributed by atoms with Crippen molar-refractivity contribution in [2.75, 3.05) is 39.4 Å². The van der Waals surface area contributed by atoms with Gasteiger partial charge in [-0.15, -0.1) is 0 Å². The molecule has 1 heterocycles. The van der Waals surface area contributed by atoms with Crippen molar-refractivity contribution < 1.29 is 4.74 Å². The van der Waals surface area contributed by atoms with Gasteiger partial charge in [-0.2, -0.15) is 0 Å². The zero-order chi connectivity index (χ0) is 11.2. The first-order chi connectivity index (χ1) is 7.84. The van der Waals surface area contributed by atoms with Crippen LogP contribution in [0.2, 0.25) is 0 Å². The SMILES string of the molecule is CC1CCC(NCCN2CCOCC2)CC1. The van der Waals surface area contributed by atoms with Crippen LogP contribution >= 0.6 is 0 Å². The molecule has 2 rings (SSSR count). The molecule has 0 amide bonds. The maximum Gasteiger partial charge on any atom is 0.0594 e. The molecular weight excluding hydrogens is 200 g/mol. The highest BCUT2D eigenvalue weighted by molar-refractivity contribution is 4.75. The summed E-state index contributed by atoms with van der Waals surface area (Å²) in [4.78, 5) is 2.50. The molecular formula is C13H26N2O. The molecule has 0 bridgehead atoms. The van der Waals surface area contributed by atoms with Crippen LogP contribution in [0.1, 0.15) is 32.6 Å². The van der Waals surface area contributed by atoms with Gasteiger partial charge in [-0.3, -0.25) is 4.90 Å². The van der Waals surface area contributed by atoms with Crippen LogP contribution in [0.25, 0.3) is 0 Å². The molecule has 1 aliphatic carbocycles. The van der Waals surface area contributed by atoms with Gasteiger partial charge in [0.15, 0.2) is 0 Å². The van der Waals surface area contributed by atoms with Gasteiger partial charge in [0.25, 0.3) is 0 Å². The van der Waals surface area contributed by atoms with Crippen molar-refractivity contribution >= 4 is 0 Å². The number of hydrogen-bond acceptors (Lipinski definition) is 3. The number of ether oxygens (including phenoxy) is 1. The lowest BCUT2D eigenvalue weighted by molar-refractivity contribution is 0.0379. The summed E-state index contributed by atoms with van der Waals surface area (Å²) in [6, 6.07) is 0.789. The molecule has 0 atom stereocenters. The predicted octanol–water partition coefficient (Wildman–Crippen LogP) is 1.49. The molecule has 0 unspecified atom stereocenters. The molecule has 0 aromatic rings. The smallest absolute Gasteiger partial charge is 0.0594 e. The normalized spacial score (nSPS) is 32.8. The van der Waals surface area contributed by atoms with E-state index in [2.05, 4.69) is 17.1 Å². The summed E-state index contributed by atoms with van der Waals surface area (Å²) in [7, 11) is 0. The van der Waals surface area contributed by atoms with Crippen LogP contribution in [0.15, 0.2) is 0 Å². The fourth-order valence-electron chi connectivity index (χ4n) is 2.72. The van der Waals surface area contributed by atoms with E-state index in [1.54, 1.807) is 0 Å². The first-order valence-corrected chi connectivity index (χ1v) is 6.88. The summed E-state index contributed by atoms with van der Waals surface area (Å²) < 4.78 is 5.35. The standard InChI is InChI=1S/C13H26N2O/c1-12-2-4-13(5-3-12)14-6-7-15-8-10-16-11-9-15/h12-14H,2-11H2,1H3. The lowest BCUT2D eigenvalue weighted by Gasteiger charge is -2.30. The van der Waals surface area contributed by atoms with Crippen molar-refractivity contribution in [3.8, 4) is 0 Å². The van der Waals surface area contributed by atoms with E-state index in [-0.39, 0.29) is 0 Å². The van der Waals surface area contributed by atoms with Crippen LogP contribution in [0.4, 0.5) is 0 Å². The molecule has 1 saturated carbocycles. The van der Waals surface area contributed by atoms with Gasteiger partial charge in [-0.1, -0.05) is 6.92 Å². The second-order valence-corrected chi connectivity index (χ2v) is 5.36. The fraction of sp³-hybridized carbons (Fsp3) is 1.00. The minimum Gasteiger partial charge on any atom is -0.379 e. The Labute approximate surface area is 99.5 Å². The van der Waals surface area contributed by atoms with Gasteiger partial charge < -0.3 is 10.1 Å². The zero-order valence-electron chi connectivity index (χ0n) is 10.6. The minimum absolute atomic E-state index is 0.789. The van der Waals surface area contributed by atoms with Gasteiger partial charge in [-0.05, 0) is 31.6 Å². The molecule has 2 aliphatic rings. The first kappa shape index (κ1) is 12.3. The van der Waals surface area contributed by atoms with E-state index in [0.29, 0.717) is 0 Å². The van der Waals surface area contributed by atoms with Crippen LogP contribution in [0.3, 0.4) is 0 Å². The Bertz CT molecular complexity index is 184. The van der Waals surface area contributed by atoms with E-state index < -0.39 is 0 Å². The number of nitrogens with one attached hydrogen (secondary N) is 1. The highest BCUT2D eigenvalue weighted by Crippen LogP contribution is 2.23. The van der Waals surface area contributed by atoms with Crippen LogP contribution in [0, 0.1) is 5.92 Å². The maximum absolute atomic E-state index is 5.35. The van der Waals surface area contributed by atoms with Crippen molar-refractivity contribution in [2.24, 2.45) is 5.92 Å². The van der Waals surface area contributed by atoms with Crippen molar-refractivity contribution in [3.05, 3.63) is 0 Å². The Hall–Kier alpha value is -0.120. The molecule has 2 fully saturated rings. The summed E-state index contributed by atoms with van der Waals surface area (Å²) >= 11 is 0. The van der Waals surface area contributed by atoms with Gasteiger partial charge in [0.1, 0.15) is 0 Å². The molecule has 1 saturated heterocycles. The van der Waals surface area contributed by atoms with Crippen LogP contribution in [-0.4, -0.2) is 50.3 Å². The summed E-state index contributed by atoms with van der Waals surface area (Å²) in [6.45, 7) is 8.78. The molecule has 1 N–H and O–H groups in total. The average molecular weight is 226 g/mol. The Kier molecular flexibility index (Phi) is 5.07. The number of hydrogen-bond donors (Lipinski definition) is 1. The number of rotatable bonds is 4. The molecule has 0 aromatic carbocycles. The third kappa shape index (κ3) is 4.04. The van der Waals surface area contributed by atoms with E-state index in [1.807, 2.05) is 0 Å². The number of morpholine rings is 1. The second kappa shape index (κ2) is 6.58. The zero-order valence-corrected chi connectivity index (χ0v) is 10.6. The summed E-state index contributed by atoms with van der Waals surface area (Å²) in [5, 5.41) is 3.71. The molecule has 3 heteroatoms. The van der Waals surface area contributed by atoms with Gasteiger partial charge in [0.2, 0.25) is 0 Å². The lowest BCUT2D eigenvalue weighted by atomic mass is 9.87. The molecule has 0 spiro atoms. The Morgan fingerprint density at radius 3 is 2.50 bits per heavy atom. The third-order valence-electron chi connectivity index (χ3n) is 3.98. The summed E-state index contributed by atoms with van der Waals surface area (Å²) in [5.74, 6) is 0.956.